The molecule has 0 aliphatic carbocycles. The van der Waals surface area contributed by atoms with Crippen LogP contribution in [0.25, 0.3) is 11.1 Å². The second kappa shape index (κ2) is 7.30. The molecule has 1 N–H and O–H groups in total. The molecule has 2 heterocycles. The number of hydrogen-bond acceptors (Lipinski definition) is 4. The molecule has 1 fully saturated rings. The number of amides is 1. The number of carbonyl (C=O) groups excluding carboxylic acids is 1. The number of nitrogens with one attached hydrogen (secondary N) is 1. The Bertz CT molecular complexity index is 857. The summed E-state index contributed by atoms with van der Waals surface area (Å²) in [5.41, 5.74) is 2.56. The lowest BCUT2D eigenvalue weighted by atomic mass is 9.96. The number of nitrogens with zero attached hydrogens (tertiary/aromatic N) is 2. The predicted molar refractivity (Wildman–Crippen MR) is 102 cm³/mol. The Morgan fingerprint density at radius 2 is 1.96 bits per heavy atom. The lowest BCUT2D eigenvalue weighted by Crippen LogP contribution is -2.46. The van der Waals surface area contributed by atoms with E-state index in [0.717, 1.165) is 48.6 Å². The van der Waals surface area contributed by atoms with Crippen molar-refractivity contribution in [3.05, 3.63) is 60.5 Å². The fraction of sp³-hybridized carbons (Fsp3) is 0.333. The molecule has 0 saturated carbocycles. The van der Waals surface area contributed by atoms with Crippen molar-refractivity contribution in [3.63, 3.8) is 0 Å². The van der Waals surface area contributed by atoms with E-state index < -0.39 is 0 Å². The molecular weight excluding hydrogens is 326 g/mol. The van der Waals surface area contributed by atoms with Gasteiger partial charge in [-0.25, -0.2) is 4.98 Å². The summed E-state index contributed by atoms with van der Waals surface area (Å²) in [7, 11) is 0. The van der Waals surface area contributed by atoms with Crippen LogP contribution < -0.4 is 5.32 Å². The zero-order valence-corrected chi connectivity index (χ0v) is 14.9. The van der Waals surface area contributed by atoms with E-state index in [-0.39, 0.29) is 17.9 Å². The summed E-state index contributed by atoms with van der Waals surface area (Å²) in [6, 6.07) is 17.2. The number of para-hydroxylation sites is 3. The highest BCUT2D eigenvalue weighted by molar-refractivity contribution is 5.94. The molecule has 2 atom stereocenters. The maximum absolute atomic E-state index is 12.6. The van der Waals surface area contributed by atoms with Crippen molar-refractivity contribution in [3.8, 4) is 0 Å². The first-order valence-electron chi connectivity index (χ1n) is 9.16. The number of anilines is 1. The van der Waals surface area contributed by atoms with E-state index in [1.807, 2.05) is 61.5 Å². The van der Waals surface area contributed by atoms with Crippen LogP contribution in [0.15, 0.2) is 59.0 Å². The summed E-state index contributed by atoms with van der Waals surface area (Å²) in [6.07, 6.45) is 2.07. The van der Waals surface area contributed by atoms with Gasteiger partial charge in [0.05, 0.1) is 6.04 Å². The maximum Gasteiger partial charge on any atom is 0.241 e. The molecule has 5 nitrogen and oxygen atoms in total. The van der Waals surface area contributed by atoms with Crippen molar-refractivity contribution < 1.29 is 9.21 Å². The Hall–Kier alpha value is -2.66. The second-order valence-corrected chi connectivity index (χ2v) is 6.89. The number of oxazole rings is 1. The van der Waals surface area contributed by atoms with E-state index in [1.165, 1.54) is 0 Å². The van der Waals surface area contributed by atoms with Crippen molar-refractivity contribution >= 4 is 22.7 Å². The summed E-state index contributed by atoms with van der Waals surface area (Å²) in [4.78, 5) is 19.5. The van der Waals surface area contributed by atoms with Crippen molar-refractivity contribution in [1.82, 2.24) is 9.88 Å². The van der Waals surface area contributed by atoms with Crippen LogP contribution in [0.3, 0.4) is 0 Å². The standard InChI is InChI=1S/C21H23N3O2/c1-15(20(25)22-17-9-3-2-4-10-17)24-13-7-8-16(14-24)21-23-18-11-5-6-12-19(18)26-21/h2-6,9-12,15-16H,7-8,13-14H2,1H3,(H,22,25)/t15-,16-/m0/s1. The van der Waals surface area contributed by atoms with Gasteiger partial charge in [-0.05, 0) is 50.6 Å². The molecule has 1 aromatic heterocycles. The Morgan fingerprint density at radius 1 is 1.19 bits per heavy atom. The van der Waals surface area contributed by atoms with Gasteiger partial charge in [0.1, 0.15) is 5.52 Å². The van der Waals surface area contributed by atoms with E-state index in [1.54, 1.807) is 0 Å². The number of carbonyl (C=O) groups is 1. The Morgan fingerprint density at radius 3 is 2.77 bits per heavy atom. The monoisotopic (exact) mass is 349 g/mol. The number of likely N-dealkylation sites (tertiary alicyclic amines) is 1. The lowest BCUT2D eigenvalue weighted by molar-refractivity contribution is -0.121. The van der Waals surface area contributed by atoms with E-state index in [9.17, 15) is 4.79 Å². The quantitative estimate of drug-likeness (QED) is 0.772. The number of hydrogen-bond donors (Lipinski definition) is 1. The van der Waals surface area contributed by atoms with Gasteiger partial charge in [-0.3, -0.25) is 9.69 Å². The first kappa shape index (κ1) is 16.8. The number of aromatic nitrogens is 1. The average molecular weight is 349 g/mol. The first-order chi connectivity index (χ1) is 12.7. The van der Waals surface area contributed by atoms with Crippen molar-refractivity contribution in [2.75, 3.05) is 18.4 Å². The van der Waals surface area contributed by atoms with Gasteiger partial charge in [0.25, 0.3) is 0 Å². The highest BCUT2D eigenvalue weighted by Gasteiger charge is 2.30. The SMILES string of the molecule is C[C@@H](C(=O)Nc1ccccc1)N1CCC[C@H](c2nc3ccccc3o2)C1. The third kappa shape index (κ3) is 3.48. The average Bonchev–Trinajstić information content (AvgIpc) is 3.12. The molecule has 5 heteroatoms. The van der Waals surface area contributed by atoms with Gasteiger partial charge in [0.15, 0.2) is 11.5 Å². The van der Waals surface area contributed by atoms with Gasteiger partial charge in [0.2, 0.25) is 5.91 Å². The summed E-state index contributed by atoms with van der Waals surface area (Å²) in [5.74, 6) is 1.03. The molecular formula is C21H23N3O2. The molecule has 0 unspecified atom stereocenters. The van der Waals surface area contributed by atoms with Gasteiger partial charge in [-0.15, -0.1) is 0 Å². The number of fused-ring (bicyclic) bond motifs is 1. The van der Waals surface area contributed by atoms with Crippen molar-refractivity contribution in [2.24, 2.45) is 0 Å². The third-order valence-corrected chi connectivity index (χ3v) is 5.08. The largest absolute Gasteiger partial charge is 0.440 e. The van der Waals surface area contributed by atoms with Crippen LogP contribution in [0.4, 0.5) is 5.69 Å². The topological polar surface area (TPSA) is 58.4 Å². The molecule has 4 rings (SSSR count). The Kier molecular flexibility index (Phi) is 4.71. The van der Waals surface area contributed by atoms with Crippen LogP contribution in [0.2, 0.25) is 0 Å². The smallest absolute Gasteiger partial charge is 0.241 e. The van der Waals surface area contributed by atoms with Crippen LogP contribution in [0.5, 0.6) is 0 Å². The molecule has 2 aromatic carbocycles. The molecule has 1 saturated heterocycles. The molecule has 0 spiro atoms. The molecule has 26 heavy (non-hydrogen) atoms. The molecule has 134 valence electrons. The number of piperidine rings is 1. The van der Waals surface area contributed by atoms with Gasteiger partial charge < -0.3 is 9.73 Å². The highest BCUT2D eigenvalue weighted by atomic mass is 16.3. The molecule has 0 radical (unpaired) electrons. The fourth-order valence-corrected chi connectivity index (χ4v) is 3.56. The van der Waals surface area contributed by atoms with E-state index in [0.29, 0.717) is 0 Å². The molecule has 1 aliphatic heterocycles. The normalized spacial score (nSPS) is 19.3. The third-order valence-electron chi connectivity index (χ3n) is 5.08. The van der Waals surface area contributed by atoms with Crippen molar-refractivity contribution in [1.29, 1.82) is 0 Å². The summed E-state index contributed by atoms with van der Waals surface area (Å²) in [5, 5.41) is 3.00. The lowest BCUT2D eigenvalue weighted by Gasteiger charge is -2.34. The van der Waals surface area contributed by atoms with E-state index >= 15 is 0 Å². The number of rotatable bonds is 4. The minimum atomic E-state index is -0.192. The minimum Gasteiger partial charge on any atom is -0.440 e. The molecule has 3 aromatic rings. The Balaban J connectivity index is 1.44. The predicted octanol–water partition coefficient (Wildman–Crippen LogP) is 4.03. The number of benzene rings is 2. The van der Waals surface area contributed by atoms with Crippen LogP contribution in [0, 0.1) is 0 Å². The second-order valence-electron chi connectivity index (χ2n) is 6.89. The van der Waals surface area contributed by atoms with Crippen molar-refractivity contribution in [2.45, 2.75) is 31.7 Å². The van der Waals surface area contributed by atoms with Gasteiger partial charge in [-0.2, -0.15) is 0 Å². The summed E-state index contributed by atoms with van der Waals surface area (Å²) in [6.45, 7) is 3.67. The maximum atomic E-state index is 12.6. The Labute approximate surface area is 153 Å². The fourth-order valence-electron chi connectivity index (χ4n) is 3.56. The van der Waals surface area contributed by atoms with E-state index in [2.05, 4.69) is 15.2 Å². The molecule has 0 bridgehead atoms. The zero-order chi connectivity index (χ0) is 17.9. The van der Waals surface area contributed by atoms with Crippen LogP contribution >= 0.6 is 0 Å². The van der Waals surface area contributed by atoms with Crippen LogP contribution in [0.1, 0.15) is 31.6 Å². The van der Waals surface area contributed by atoms with Crippen LogP contribution in [-0.2, 0) is 4.79 Å². The van der Waals surface area contributed by atoms with Crippen LogP contribution in [-0.4, -0.2) is 34.9 Å². The minimum absolute atomic E-state index is 0.0226. The zero-order valence-electron chi connectivity index (χ0n) is 14.9. The van der Waals surface area contributed by atoms with E-state index in [4.69, 9.17) is 4.42 Å². The first-order valence-corrected chi connectivity index (χ1v) is 9.16. The molecule has 1 amide bonds. The summed E-state index contributed by atoms with van der Waals surface area (Å²) < 4.78 is 5.95. The van der Waals surface area contributed by atoms with Gasteiger partial charge in [0, 0.05) is 18.2 Å². The summed E-state index contributed by atoms with van der Waals surface area (Å²) >= 11 is 0. The van der Waals surface area contributed by atoms with Gasteiger partial charge >= 0.3 is 0 Å². The highest BCUT2D eigenvalue weighted by Crippen LogP contribution is 2.29. The van der Waals surface area contributed by atoms with Gasteiger partial charge in [-0.1, -0.05) is 30.3 Å². The molecule has 1 aliphatic rings.